The number of nitrogens with zero attached hydrogens (tertiary/aromatic N) is 1. The molecule has 0 bridgehead atoms. The first-order valence-corrected chi connectivity index (χ1v) is 6.16. The van der Waals surface area contributed by atoms with Crippen molar-refractivity contribution in [3.8, 4) is 0 Å². The molecule has 0 saturated heterocycles. The minimum Gasteiger partial charge on any atom is -0.480 e. The Morgan fingerprint density at radius 2 is 2.15 bits per heavy atom. The summed E-state index contributed by atoms with van der Waals surface area (Å²) in [6.45, 7) is 1.58. The molecule has 0 radical (unpaired) electrons. The number of hydrogen-bond acceptors (Lipinski definition) is 3. The number of nitrogens with one attached hydrogen (secondary N) is 1. The zero-order valence-corrected chi connectivity index (χ0v) is 11.0. The fourth-order valence-electron chi connectivity index (χ4n) is 1.70. The van der Waals surface area contributed by atoms with Crippen LogP contribution in [0.2, 0.25) is 0 Å². The molecule has 0 heterocycles. The van der Waals surface area contributed by atoms with Crippen LogP contribution in [0.1, 0.15) is 13.3 Å². The van der Waals surface area contributed by atoms with Gasteiger partial charge in [0, 0.05) is 25.3 Å². The average Bonchev–Trinajstić information content (AvgIpc) is 2.39. The van der Waals surface area contributed by atoms with Crippen molar-refractivity contribution >= 4 is 17.7 Å². The highest BCUT2D eigenvalue weighted by molar-refractivity contribution is 5.94. The number of halogens is 1. The fraction of sp³-hybridized carbons (Fsp3) is 0.385. The van der Waals surface area contributed by atoms with Crippen molar-refractivity contribution in [2.45, 2.75) is 19.4 Å². The molecule has 3 N–H and O–H groups in total. The number of benzene rings is 1. The zero-order valence-electron chi connectivity index (χ0n) is 11.0. The van der Waals surface area contributed by atoms with Gasteiger partial charge in [-0.15, -0.1) is 0 Å². The molecule has 0 saturated carbocycles. The molecule has 110 valence electrons. The lowest BCUT2D eigenvalue weighted by Gasteiger charge is -2.23. The van der Waals surface area contributed by atoms with Crippen LogP contribution < -0.4 is 10.2 Å². The Morgan fingerprint density at radius 3 is 2.65 bits per heavy atom. The van der Waals surface area contributed by atoms with E-state index in [-0.39, 0.29) is 19.6 Å². The Balaban J connectivity index is 2.84. The number of carbonyl (C=O) groups excluding carboxylic acids is 1. The first-order chi connectivity index (χ1) is 9.49. The summed E-state index contributed by atoms with van der Waals surface area (Å²) in [6.07, 6.45) is -0.0955. The number of urea groups is 1. The van der Waals surface area contributed by atoms with Crippen LogP contribution in [0.3, 0.4) is 0 Å². The van der Waals surface area contributed by atoms with E-state index in [0.717, 1.165) is 0 Å². The lowest BCUT2D eigenvalue weighted by atomic mass is 10.2. The SMILES string of the molecule is CCN(C(=O)NC(CCO)C(=O)O)c1cccc(F)c1. The smallest absolute Gasteiger partial charge is 0.326 e. The van der Waals surface area contributed by atoms with Crippen LogP contribution in [0, 0.1) is 5.82 Å². The molecule has 1 aromatic carbocycles. The largest absolute Gasteiger partial charge is 0.480 e. The molecule has 2 amide bonds. The average molecular weight is 284 g/mol. The van der Waals surface area contributed by atoms with Crippen molar-refractivity contribution in [2.24, 2.45) is 0 Å². The second-order valence-corrected chi connectivity index (χ2v) is 4.08. The molecule has 20 heavy (non-hydrogen) atoms. The van der Waals surface area contributed by atoms with Crippen LogP contribution in [0.4, 0.5) is 14.9 Å². The van der Waals surface area contributed by atoms with Gasteiger partial charge in [-0.1, -0.05) is 6.07 Å². The first-order valence-electron chi connectivity index (χ1n) is 6.16. The van der Waals surface area contributed by atoms with E-state index in [1.165, 1.54) is 23.1 Å². The van der Waals surface area contributed by atoms with Gasteiger partial charge in [-0.05, 0) is 25.1 Å². The minimum absolute atomic E-state index is 0.0955. The van der Waals surface area contributed by atoms with Crippen LogP contribution in [0.5, 0.6) is 0 Å². The predicted molar refractivity (Wildman–Crippen MR) is 71.1 cm³/mol. The monoisotopic (exact) mass is 284 g/mol. The van der Waals surface area contributed by atoms with Gasteiger partial charge in [0.1, 0.15) is 11.9 Å². The van der Waals surface area contributed by atoms with Gasteiger partial charge in [0.05, 0.1) is 0 Å². The Kier molecular flexibility index (Phi) is 5.92. The van der Waals surface area contributed by atoms with E-state index >= 15 is 0 Å². The molecule has 1 rings (SSSR count). The number of hydrogen-bond donors (Lipinski definition) is 3. The van der Waals surface area contributed by atoms with E-state index in [2.05, 4.69) is 5.32 Å². The van der Waals surface area contributed by atoms with Gasteiger partial charge in [0.2, 0.25) is 0 Å². The number of carbonyl (C=O) groups is 2. The van der Waals surface area contributed by atoms with E-state index in [1.54, 1.807) is 13.0 Å². The Labute approximate surface area is 115 Å². The number of aliphatic carboxylic acids is 1. The maximum Gasteiger partial charge on any atom is 0.326 e. The zero-order chi connectivity index (χ0) is 15.1. The van der Waals surface area contributed by atoms with E-state index in [9.17, 15) is 14.0 Å². The van der Waals surface area contributed by atoms with Gasteiger partial charge in [-0.3, -0.25) is 4.90 Å². The van der Waals surface area contributed by atoms with Crippen molar-refractivity contribution in [3.63, 3.8) is 0 Å². The summed E-state index contributed by atoms with van der Waals surface area (Å²) >= 11 is 0. The van der Waals surface area contributed by atoms with Crippen molar-refractivity contribution in [1.82, 2.24) is 5.32 Å². The lowest BCUT2D eigenvalue weighted by Crippen LogP contribution is -2.48. The standard InChI is InChI=1S/C13H17FN2O4/c1-2-16(10-5-3-4-9(14)8-10)13(20)15-11(6-7-17)12(18)19/h3-5,8,11,17H,2,6-7H2,1H3,(H,15,20)(H,18,19). The molecule has 0 aliphatic rings. The number of amides is 2. The number of aliphatic hydroxyl groups is 1. The Morgan fingerprint density at radius 1 is 1.45 bits per heavy atom. The molecule has 0 spiro atoms. The van der Waals surface area contributed by atoms with Crippen molar-refractivity contribution in [3.05, 3.63) is 30.1 Å². The second-order valence-electron chi connectivity index (χ2n) is 4.08. The molecular weight excluding hydrogens is 267 g/mol. The summed E-state index contributed by atoms with van der Waals surface area (Å²) in [7, 11) is 0. The number of carboxylic acid groups (broad SMARTS) is 1. The van der Waals surface area contributed by atoms with Crippen molar-refractivity contribution < 1.29 is 24.2 Å². The molecule has 1 aromatic rings. The van der Waals surface area contributed by atoms with Gasteiger partial charge in [0.15, 0.2) is 0 Å². The van der Waals surface area contributed by atoms with Crippen molar-refractivity contribution in [2.75, 3.05) is 18.1 Å². The summed E-state index contributed by atoms with van der Waals surface area (Å²) in [5.41, 5.74) is 0.332. The highest BCUT2D eigenvalue weighted by Gasteiger charge is 2.23. The van der Waals surface area contributed by atoms with Crippen LogP contribution in [-0.4, -0.2) is 41.4 Å². The highest BCUT2D eigenvalue weighted by atomic mass is 19.1. The molecule has 1 unspecified atom stereocenters. The number of carboxylic acids is 1. The van der Waals surface area contributed by atoms with E-state index in [4.69, 9.17) is 10.2 Å². The molecule has 1 atom stereocenters. The number of aliphatic hydroxyl groups excluding tert-OH is 1. The molecule has 0 aliphatic heterocycles. The third kappa shape index (κ3) is 4.20. The summed E-state index contributed by atoms with van der Waals surface area (Å²) in [6, 6.07) is 3.61. The fourth-order valence-corrected chi connectivity index (χ4v) is 1.70. The maximum absolute atomic E-state index is 13.2. The summed E-state index contributed by atoms with van der Waals surface area (Å²) in [5, 5.41) is 20.0. The summed E-state index contributed by atoms with van der Waals surface area (Å²) in [5.74, 6) is -1.72. The molecule has 0 aliphatic carbocycles. The van der Waals surface area contributed by atoms with Crippen molar-refractivity contribution in [1.29, 1.82) is 0 Å². The highest BCUT2D eigenvalue weighted by Crippen LogP contribution is 2.15. The van der Waals surface area contributed by atoms with E-state index in [1.807, 2.05) is 0 Å². The summed E-state index contributed by atoms with van der Waals surface area (Å²) in [4.78, 5) is 24.2. The maximum atomic E-state index is 13.2. The van der Waals surface area contributed by atoms with Gasteiger partial charge < -0.3 is 15.5 Å². The molecular formula is C13H17FN2O4. The molecule has 6 nitrogen and oxygen atoms in total. The summed E-state index contributed by atoms with van der Waals surface area (Å²) < 4.78 is 13.2. The van der Waals surface area contributed by atoms with Crippen LogP contribution >= 0.6 is 0 Å². The van der Waals surface area contributed by atoms with E-state index in [0.29, 0.717) is 5.69 Å². The lowest BCUT2D eigenvalue weighted by molar-refractivity contribution is -0.139. The molecule has 7 heteroatoms. The number of rotatable bonds is 6. The topological polar surface area (TPSA) is 89.9 Å². The predicted octanol–water partition coefficient (Wildman–Crippen LogP) is 1.20. The Hall–Kier alpha value is -2.15. The molecule has 0 fully saturated rings. The van der Waals surface area contributed by atoms with Gasteiger partial charge >= 0.3 is 12.0 Å². The van der Waals surface area contributed by atoms with Gasteiger partial charge in [0.25, 0.3) is 0 Å². The normalized spacial score (nSPS) is 11.8. The first kappa shape index (κ1) is 15.9. The van der Waals surface area contributed by atoms with Gasteiger partial charge in [-0.25, -0.2) is 14.0 Å². The minimum atomic E-state index is -1.23. The van der Waals surface area contributed by atoms with Gasteiger partial charge in [-0.2, -0.15) is 0 Å². The third-order valence-corrected chi connectivity index (χ3v) is 2.69. The number of anilines is 1. The van der Waals surface area contributed by atoms with Crippen LogP contribution in [-0.2, 0) is 4.79 Å². The molecule has 0 aromatic heterocycles. The second kappa shape index (κ2) is 7.44. The van der Waals surface area contributed by atoms with Crippen LogP contribution in [0.25, 0.3) is 0 Å². The Bertz CT molecular complexity index is 481. The third-order valence-electron chi connectivity index (χ3n) is 2.69. The quantitative estimate of drug-likeness (QED) is 0.732. The van der Waals surface area contributed by atoms with Crippen LogP contribution in [0.15, 0.2) is 24.3 Å². The van der Waals surface area contributed by atoms with E-state index < -0.39 is 23.9 Å².